The van der Waals surface area contributed by atoms with E-state index in [2.05, 4.69) is 5.32 Å². The fourth-order valence-electron chi connectivity index (χ4n) is 1.61. The topological polar surface area (TPSA) is 55.1 Å². The van der Waals surface area contributed by atoms with Gasteiger partial charge < -0.3 is 11.1 Å². The van der Waals surface area contributed by atoms with Crippen molar-refractivity contribution in [1.82, 2.24) is 0 Å². The van der Waals surface area contributed by atoms with Crippen molar-refractivity contribution in [3.63, 3.8) is 0 Å². The van der Waals surface area contributed by atoms with Crippen LogP contribution in [0.1, 0.15) is 15.9 Å². The number of nitrogens with two attached hydrogens (primary N) is 1. The van der Waals surface area contributed by atoms with Gasteiger partial charge in [0.15, 0.2) is 0 Å². The first kappa shape index (κ1) is 12.5. The molecular weight excluding hydrogens is 248 g/mol. The number of benzene rings is 2. The average Bonchev–Trinajstić information content (AvgIpc) is 2.34. The van der Waals surface area contributed by atoms with Gasteiger partial charge in [0, 0.05) is 0 Å². The lowest BCUT2D eigenvalue weighted by atomic mass is 10.1. The highest BCUT2D eigenvalue weighted by Gasteiger charge is 2.11. The number of anilines is 2. The summed E-state index contributed by atoms with van der Waals surface area (Å²) in [5, 5.41) is 3.18. The van der Waals surface area contributed by atoms with Crippen LogP contribution in [0.4, 0.5) is 11.4 Å². The van der Waals surface area contributed by atoms with E-state index >= 15 is 0 Å². The molecule has 0 heterocycles. The van der Waals surface area contributed by atoms with Crippen molar-refractivity contribution in [3.05, 3.63) is 58.6 Å². The molecule has 2 aromatic carbocycles. The predicted molar refractivity (Wildman–Crippen MR) is 75.0 cm³/mol. The molecule has 0 aromatic heterocycles. The Morgan fingerprint density at radius 1 is 1.22 bits per heavy atom. The molecule has 18 heavy (non-hydrogen) atoms. The lowest BCUT2D eigenvalue weighted by Gasteiger charge is -2.09. The Labute approximate surface area is 111 Å². The molecule has 0 aliphatic carbocycles. The van der Waals surface area contributed by atoms with Crippen LogP contribution < -0.4 is 11.1 Å². The maximum atomic E-state index is 12.0. The van der Waals surface area contributed by atoms with E-state index in [1.165, 1.54) is 0 Å². The van der Waals surface area contributed by atoms with Crippen LogP contribution in [0.15, 0.2) is 42.5 Å². The second kappa shape index (κ2) is 5.10. The third-order valence-corrected chi connectivity index (χ3v) is 2.91. The van der Waals surface area contributed by atoms with Gasteiger partial charge in [-0.3, -0.25) is 4.79 Å². The largest absolute Gasteiger partial charge is 0.397 e. The summed E-state index contributed by atoms with van der Waals surface area (Å²) in [6, 6.07) is 12.4. The monoisotopic (exact) mass is 260 g/mol. The van der Waals surface area contributed by atoms with Crippen LogP contribution in [0.5, 0.6) is 0 Å². The highest BCUT2D eigenvalue weighted by molar-refractivity contribution is 6.34. The highest BCUT2D eigenvalue weighted by Crippen LogP contribution is 2.22. The Hall–Kier alpha value is -2.00. The Morgan fingerprint density at radius 3 is 2.67 bits per heavy atom. The summed E-state index contributed by atoms with van der Waals surface area (Å²) in [4.78, 5) is 12.0. The van der Waals surface area contributed by atoms with E-state index in [9.17, 15) is 4.79 Å². The van der Waals surface area contributed by atoms with Gasteiger partial charge >= 0.3 is 0 Å². The van der Waals surface area contributed by atoms with Crippen LogP contribution in [0.3, 0.4) is 0 Å². The summed E-state index contributed by atoms with van der Waals surface area (Å²) >= 11 is 5.96. The summed E-state index contributed by atoms with van der Waals surface area (Å²) < 4.78 is 0. The van der Waals surface area contributed by atoms with E-state index in [1.807, 2.05) is 19.1 Å². The van der Waals surface area contributed by atoms with Crippen LogP contribution >= 0.6 is 11.6 Å². The Morgan fingerprint density at radius 2 is 1.94 bits per heavy atom. The third-order valence-electron chi connectivity index (χ3n) is 2.58. The maximum Gasteiger partial charge on any atom is 0.257 e. The normalized spacial score (nSPS) is 10.1. The molecule has 0 aliphatic heterocycles. The average molecular weight is 261 g/mol. The second-order valence-corrected chi connectivity index (χ2v) is 4.43. The Kier molecular flexibility index (Phi) is 3.53. The molecule has 4 heteroatoms. The third kappa shape index (κ3) is 2.63. The number of carbonyl (C=O) groups excluding carboxylic acids is 1. The lowest BCUT2D eigenvalue weighted by molar-refractivity contribution is 0.102. The summed E-state index contributed by atoms with van der Waals surface area (Å²) in [5.41, 5.74) is 8.39. The minimum Gasteiger partial charge on any atom is -0.397 e. The molecule has 0 saturated heterocycles. The van der Waals surface area contributed by atoms with Gasteiger partial charge in [0.25, 0.3) is 5.91 Å². The quantitative estimate of drug-likeness (QED) is 0.812. The first-order chi connectivity index (χ1) is 8.58. The molecule has 2 aromatic rings. The van der Waals surface area contributed by atoms with E-state index in [1.54, 1.807) is 30.3 Å². The van der Waals surface area contributed by atoms with Crippen molar-refractivity contribution < 1.29 is 4.79 Å². The first-order valence-corrected chi connectivity index (χ1v) is 5.88. The molecule has 3 N–H and O–H groups in total. The molecule has 0 atom stereocenters. The molecule has 0 unspecified atom stereocenters. The summed E-state index contributed by atoms with van der Waals surface area (Å²) in [7, 11) is 0. The van der Waals surface area contributed by atoms with Gasteiger partial charge in [0.1, 0.15) is 0 Å². The number of carbonyl (C=O) groups is 1. The number of nitrogen functional groups attached to an aromatic ring is 1. The molecule has 2 rings (SSSR count). The number of halogens is 1. The molecule has 0 saturated carbocycles. The summed E-state index contributed by atoms with van der Waals surface area (Å²) in [6.07, 6.45) is 0. The van der Waals surface area contributed by atoms with Gasteiger partial charge in [0.2, 0.25) is 0 Å². The first-order valence-electron chi connectivity index (χ1n) is 5.50. The fraction of sp³-hybridized carbons (Fsp3) is 0.0714. The Bertz CT molecular complexity index is 596. The zero-order chi connectivity index (χ0) is 13.1. The number of amides is 1. The standard InChI is InChI=1S/C14H13ClN2O/c1-9-6-7-12(16)13(8-9)17-14(18)10-4-2-3-5-11(10)15/h2-8H,16H2,1H3,(H,17,18). The SMILES string of the molecule is Cc1ccc(N)c(NC(=O)c2ccccc2Cl)c1. The van der Waals surface area contributed by atoms with Gasteiger partial charge in [-0.25, -0.2) is 0 Å². The molecule has 0 spiro atoms. The zero-order valence-electron chi connectivity index (χ0n) is 9.91. The Balaban J connectivity index is 2.27. The van der Waals surface area contributed by atoms with Crippen molar-refractivity contribution in [1.29, 1.82) is 0 Å². The van der Waals surface area contributed by atoms with Crippen LogP contribution in [0, 0.1) is 6.92 Å². The van der Waals surface area contributed by atoms with E-state index in [0.29, 0.717) is 22.0 Å². The number of nitrogens with one attached hydrogen (secondary N) is 1. The number of hydrogen-bond acceptors (Lipinski definition) is 2. The molecular formula is C14H13ClN2O. The number of hydrogen-bond donors (Lipinski definition) is 2. The smallest absolute Gasteiger partial charge is 0.257 e. The van der Waals surface area contributed by atoms with Crippen LogP contribution in [-0.2, 0) is 0 Å². The maximum absolute atomic E-state index is 12.0. The number of aryl methyl sites for hydroxylation is 1. The highest BCUT2D eigenvalue weighted by atomic mass is 35.5. The molecule has 1 amide bonds. The van der Waals surface area contributed by atoms with Gasteiger partial charge in [-0.1, -0.05) is 29.8 Å². The van der Waals surface area contributed by atoms with Crippen molar-refractivity contribution in [3.8, 4) is 0 Å². The van der Waals surface area contributed by atoms with Gasteiger partial charge in [-0.15, -0.1) is 0 Å². The van der Waals surface area contributed by atoms with Gasteiger partial charge in [-0.05, 0) is 36.8 Å². The van der Waals surface area contributed by atoms with E-state index in [0.717, 1.165) is 5.56 Å². The molecule has 0 bridgehead atoms. The zero-order valence-corrected chi connectivity index (χ0v) is 10.7. The van der Waals surface area contributed by atoms with Crippen molar-refractivity contribution in [2.45, 2.75) is 6.92 Å². The van der Waals surface area contributed by atoms with E-state index in [-0.39, 0.29) is 5.91 Å². The minimum atomic E-state index is -0.266. The van der Waals surface area contributed by atoms with Gasteiger partial charge in [-0.2, -0.15) is 0 Å². The van der Waals surface area contributed by atoms with Crippen LogP contribution in [-0.4, -0.2) is 5.91 Å². The lowest BCUT2D eigenvalue weighted by Crippen LogP contribution is -2.13. The molecule has 0 fully saturated rings. The molecule has 0 radical (unpaired) electrons. The predicted octanol–water partition coefficient (Wildman–Crippen LogP) is 3.48. The molecule has 3 nitrogen and oxygen atoms in total. The van der Waals surface area contributed by atoms with Gasteiger partial charge in [0.05, 0.1) is 22.0 Å². The van der Waals surface area contributed by atoms with Crippen LogP contribution in [0.2, 0.25) is 5.02 Å². The van der Waals surface area contributed by atoms with E-state index < -0.39 is 0 Å². The molecule has 0 aliphatic rings. The fourth-order valence-corrected chi connectivity index (χ4v) is 1.83. The van der Waals surface area contributed by atoms with Crippen molar-refractivity contribution in [2.24, 2.45) is 0 Å². The molecule has 92 valence electrons. The van der Waals surface area contributed by atoms with Crippen LogP contribution in [0.25, 0.3) is 0 Å². The second-order valence-electron chi connectivity index (χ2n) is 4.02. The minimum absolute atomic E-state index is 0.266. The summed E-state index contributed by atoms with van der Waals surface area (Å²) in [5.74, 6) is -0.266. The summed E-state index contributed by atoms with van der Waals surface area (Å²) in [6.45, 7) is 1.94. The van der Waals surface area contributed by atoms with Crippen molar-refractivity contribution in [2.75, 3.05) is 11.1 Å². The van der Waals surface area contributed by atoms with Crippen molar-refractivity contribution >= 4 is 28.9 Å². The van der Waals surface area contributed by atoms with E-state index in [4.69, 9.17) is 17.3 Å². The number of rotatable bonds is 2.